The molecule has 0 aliphatic carbocycles. The summed E-state index contributed by atoms with van der Waals surface area (Å²) < 4.78 is 0. The van der Waals surface area contributed by atoms with Crippen molar-refractivity contribution in [1.82, 2.24) is 4.90 Å². The van der Waals surface area contributed by atoms with Crippen molar-refractivity contribution in [3.8, 4) is 0 Å². The molecular formula is C24H29N3O2. The van der Waals surface area contributed by atoms with Crippen LogP contribution in [0.3, 0.4) is 0 Å². The molecule has 29 heavy (non-hydrogen) atoms. The second kappa shape index (κ2) is 7.99. The molecule has 2 saturated heterocycles. The number of hydrogen-bond acceptors (Lipinski definition) is 3. The number of nitrogens with two attached hydrogens (primary N) is 1. The SMILES string of the molecule is CC(C)c1ccc(N2CCC(C(=O)N3C[C@@H](N)[C@H](c4ccccc4)C3)C2=O)cc1. The summed E-state index contributed by atoms with van der Waals surface area (Å²) in [5.41, 5.74) is 9.60. The van der Waals surface area contributed by atoms with Gasteiger partial charge in [-0.15, -0.1) is 0 Å². The lowest BCUT2D eigenvalue weighted by Crippen LogP contribution is -2.40. The third-order valence-electron chi connectivity index (χ3n) is 6.28. The summed E-state index contributed by atoms with van der Waals surface area (Å²) in [5, 5.41) is 0. The zero-order valence-corrected chi connectivity index (χ0v) is 17.1. The average molecular weight is 392 g/mol. The van der Waals surface area contributed by atoms with Crippen LogP contribution in [0, 0.1) is 5.92 Å². The van der Waals surface area contributed by atoms with Crippen molar-refractivity contribution in [2.45, 2.75) is 38.1 Å². The molecule has 0 bridgehead atoms. The molecule has 3 atom stereocenters. The molecule has 2 heterocycles. The Hall–Kier alpha value is -2.66. The van der Waals surface area contributed by atoms with E-state index < -0.39 is 5.92 Å². The quantitative estimate of drug-likeness (QED) is 0.815. The number of benzene rings is 2. The Morgan fingerprint density at radius 1 is 1.03 bits per heavy atom. The van der Waals surface area contributed by atoms with Gasteiger partial charge >= 0.3 is 0 Å². The van der Waals surface area contributed by atoms with E-state index >= 15 is 0 Å². The van der Waals surface area contributed by atoms with Crippen LogP contribution in [0.15, 0.2) is 54.6 Å². The highest BCUT2D eigenvalue weighted by Gasteiger charge is 2.43. The fourth-order valence-electron chi connectivity index (χ4n) is 4.49. The molecule has 5 nitrogen and oxygen atoms in total. The van der Waals surface area contributed by atoms with E-state index in [9.17, 15) is 9.59 Å². The zero-order valence-electron chi connectivity index (χ0n) is 17.1. The first-order chi connectivity index (χ1) is 14.0. The fraction of sp³-hybridized carbons (Fsp3) is 0.417. The maximum Gasteiger partial charge on any atom is 0.239 e. The van der Waals surface area contributed by atoms with Gasteiger partial charge < -0.3 is 15.5 Å². The van der Waals surface area contributed by atoms with E-state index in [0.29, 0.717) is 32.0 Å². The zero-order chi connectivity index (χ0) is 20.5. The molecule has 0 saturated carbocycles. The minimum absolute atomic E-state index is 0.0785. The first kappa shape index (κ1) is 19.6. The van der Waals surface area contributed by atoms with Gasteiger partial charge in [-0.3, -0.25) is 9.59 Å². The summed E-state index contributed by atoms with van der Waals surface area (Å²) in [6.45, 7) is 5.96. The van der Waals surface area contributed by atoms with Gasteiger partial charge in [-0.05, 0) is 35.6 Å². The van der Waals surface area contributed by atoms with Crippen LogP contribution < -0.4 is 10.6 Å². The molecule has 2 aromatic rings. The van der Waals surface area contributed by atoms with Gasteiger partial charge in [0.05, 0.1) is 0 Å². The average Bonchev–Trinajstić information content (AvgIpc) is 3.31. The molecular weight excluding hydrogens is 362 g/mol. The summed E-state index contributed by atoms with van der Waals surface area (Å²) in [5.74, 6) is -0.198. The normalized spacial score (nSPS) is 24.6. The second-order valence-electron chi connectivity index (χ2n) is 8.50. The Balaban J connectivity index is 1.44. The van der Waals surface area contributed by atoms with E-state index in [1.807, 2.05) is 30.3 Å². The molecule has 2 fully saturated rings. The lowest BCUT2D eigenvalue weighted by Gasteiger charge is -2.21. The third kappa shape index (κ3) is 3.79. The van der Waals surface area contributed by atoms with Crippen molar-refractivity contribution < 1.29 is 9.59 Å². The molecule has 0 radical (unpaired) electrons. The van der Waals surface area contributed by atoms with Crippen molar-refractivity contribution >= 4 is 17.5 Å². The molecule has 2 aromatic carbocycles. The number of likely N-dealkylation sites (tertiary alicyclic amines) is 1. The first-order valence-electron chi connectivity index (χ1n) is 10.5. The Labute approximate surface area is 172 Å². The Morgan fingerprint density at radius 2 is 1.72 bits per heavy atom. The van der Waals surface area contributed by atoms with Crippen LogP contribution in [-0.4, -0.2) is 42.4 Å². The highest BCUT2D eigenvalue weighted by Crippen LogP contribution is 2.31. The van der Waals surface area contributed by atoms with Crippen LogP contribution in [0.25, 0.3) is 0 Å². The van der Waals surface area contributed by atoms with Crippen molar-refractivity contribution in [2.24, 2.45) is 11.7 Å². The van der Waals surface area contributed by atoms with Gasteiger partial charge in [0.25, 0.3) is 0 Å². The largest absolute Gasteiger partial charge is 0.340 e. The van der Waals surface area contributed by atoms with E-state index in [1.54, 1.807) is 9.80 Å². The lowest BCUT2D eigenvalue weighted by atomic mass is 9.95. The van der Waals surface area contributed by atoms with Gasteiger partial charge in [0.1, 0.15) is 5.92 Å². The number of nitrogens with zero attached hydrogens (tertiary/aromatic N) is 2. The maximum atomic E-state index is 13.1. The van der Waals surface area contributed by atoms with E-state index in [4.69, 9.17) is 5.73 Å². The van der Waals surface area contributed by atoms with Gasteiger partial charge in [0.15, 0.2) is 0 Å². The Kier molecular flexibility index (Phi) is 5.41. The van der Waals surface area contributed by atoms with Gasteiger partial charge in [0.2, 0.25) is 11.8 Å². The maximum absolute atomic E-state index is 13.1. The molecule has 0 aromatic heterocycles. The van der Waals surface area contributed by atoms with Gasteiger partial charge in [-0.25, -0.2) is 0 Å². The van der Waals surface area contributed by atoms with Crippen LogP contribution in [0.1, 0.15) is 43.2 Å². The third-order valence-corrected chi connectivity index (χ3v) is 6.28. The van der Waals surface area contributed by atoms with Crippen molar-refractivity contribution in [2.75, 3.05) is 24.5 Å². The van der Waals surface area contributed by atoms with Crippen molar-refractivity contribution in [3.05, 3.63) is 65.7 Å². The van der Waals surface area contributed by atoms with E-state index in [1.165, 1.54) is 5.56 Å². The molecule has 0 spiro atoms. The van der Waals surface area contributed by atoms with Crippen LogP contribution in [0.5, 0.6) is 0 Å². The summed E-state index contributed by atoms with van der Waals surface area (Å²) in [7, 11) is 0. The van der Waals surface area contributed by atoms with E-state index in [2.05, 4.69) is 38.1 Å². The molecule has 2 aliphatic heterocycles. The van der Waals surface area contributed by atoms with Crippen LogP contribution in [0.2, 0.25) is 0 Å². The summed E-state index contributed by atoms with van der Waals surface area (Å²) in [4.78, 5) is 29.7. The van der Waals surface area contributed by atoms with Gasteiger partial charge in [-0.1, -0.05) is 56.3 Å². The lowest BCUT2D eigenvalue weighted by molar-refractivity contribution is -0.139. The first-order valence-corrected chi connectivity index (χ1v) is 10.5. The van der Waals surface area contributed by atoms with Crippen molar-refractivity contribution in [1.29, 1.82) is 0 Å². The van der Waals surface area contributed by atoms with Crippen LogP contribution in [0.4, 0.5) is 5.69 Å². The second-order valence-corrected chi connectivity index (χ2v) is 8.50. The van der Waals surface area contributed by atoms with Gasteiger partial charge in [0, 0.05) is 37.3 Å². The predicted molar refractivity (Wildman–Crippen MR) is 115 cm³/mol. The predicted octanol–water partition coefficient (Wildman–Crippen LogP) is 3.12. The van der Waals surface area contributed by atoms with Crippen LogP contribution in [-0.2, 0) is 9.59 Å². The number of carbonyl (C=O) groups is 2. The summed E-state index contributed by atoms with van der Waals surface area (Å²) >= 11 is 0. The molecule has 152 valence electrons. The van der Waals surface area contributed by atoms with E-state index in [-0.39, 0.29) is 23.8 Å². The number of amides is 2. The minimum atomic E-state index is -0.596. The molecule has 2 N–H and O–H groups in total. The van der Waals surface area contributed by atoms with E-state index in [0.717, 1.165) is 11.3 Å². The summed E-state index contributed by atoms with van der Waals surface area (Å²) in [6, 6.07) is 18.1. The number of hydrogen-bond donors (Lipinski definition) is 1. The highest BCUT2D eigenvalue weighted by atomic mass is 16.2. The van der Waals surface area contributed by atoms with Crippen molar-refractivity contribution in [3.63, 3.8) is 0 Å². The molecule has 2 amide bonds. The molecule has 1 unspecified atom stereocenters. The number of carbonyl (C=O) groups excluding carboxylic acids is 2. The van der Waals surface area contributed by atoms with Gasteiger partial charge in [-0.2, -0.15) is 0 Å². The highest BCUT2D eigenvalue weighted by molar-refractivity contribution is 6.09. The van der Waals surface area contributed by atoms with Crippen LogP contribution >= 0.6 is 0 Å². The minimum Gasteiger partial charge on any atom is -0.340 e. The molecule has 4 rings (SSSR count). The number of anilines is 1. The molecule has 2 aliphatic rings. The summed E-state index contributed by atoms with van der Waals surface area (Å²) in [6.07, 6.45) is 0.561. The Bertz CT molecular complexity index is 879. The monoisotopic (exact) mass is 391 g/mol. The topological polar surface area (TPSA) is 66.6 Å². The fourth-order valence-corrected chi connectivity index (χ4v) is 4.49. The number of rotatable bonds is 4. The smallest absolute Gasteiger partial charge is 0.239 e. The standard InChI is InChI=1S/C24H29N3O2/c1-16(2)17-8-10-19(11-9-17)27-13-12-20(24(27)29)23(28)26-14-21(22(25)15-26)18-6-4-3-5-7-18/h3-11,16,20-22H,12-15,25H2,1-2H3/t20?,21-,22+/m0/s1. The Morgan fingerprint density at radius 3 is 2.38 bits per heavy atom. The molecule has 5 heteroatoms.